The number of carbonyl (C=O) groups excluding carboxylic acids is 1. The van der Waals surface area contributed by atoms with Crippen LogP contribution in [0.25, 0.3) is 0 Å². The first-order valence-electron chi connectivity index (χ1n) is 5.86. The highest BCUT2D eigenvalue weighted by Crippen LogP contribution is 2.19. The minimum Gasteiger partial charge on any atom is -0.479 e. The molecule has 1 saturated heterocycles. The molecule has 0 radical (unpaired) electrons. The van der Waals surface area contributed by atoms with E-state index in [9.17, 15) is 29.6 Å². The fourth-order valence-corrected chi connectivity index (χ4v) is 1.92. The Hall–Kier alpha value is -2.75. The molecule has 0 spiro atoms. The van der Waals surface area contributed by atoms with Crippen LogP contribution < -0.4 is 10.9 Å². The molecule has 1 amide bonds. The number of aromatic amines is 1. The molecular weight excluding hydrogens is 286 g/mol. The molecule has 1 atom stereocenters. The average molecular weight is 297 g/mol. The normalized spacial score (nSPS) is 21.0. The zero-order chi connectivity index (χ0) is 15.6. The third-order valence-corrected chi connectivity index (χ3v) is 3.13. The van der Waals surface area contributed by atoms with Crippen molar-refractivity contribution in [1.82, 2.24) is 10.3 Å². The van der Waals surface area contributed by atoms with Gasteiger partial charge < -0.3 is 20.1 Å². The van der Waals surface area contributed by atoms with Crippen molar-refractivity contribution in [2.75, 3.05) is 13.2 Å². The van der Waals surface area contributed by atoms with Crippen LogP contribution in [0.1, 0.15) is 16.8 Å². The third kappa shape index (κ3) is 2.74. The fourth-order valence-electron chi connectivity index (χ4n) is 1.92. The zero-order valence-electron chi connectivity index (χ0n) is 10.6. The molecule has 1 unspecified atom stereocenters. The second-order valence-electron chi connectivity index (χ2n) is 4.50. The second-order valence-corrected chi connectivity index (χ2v) is 4.50. The van der Waals surface area contributed by atoms with Crippen LogP contribution >= 0.6 is 0 Å². The molecule has 112 valence electrons. The Morgan fingerprint density at radius 1 is 1.52 bits per heavy atom. The number of carbonyl (C=O) groups is 2. The van der Waals surface area contributed by atoms with Gasteiger partial charge in [0.05, 0.1) is 17.7 Å². The van der Waals surface area contributed by atoms with Crippen LogP contribution in [0.4, 0.5) is 5.69 Å². The van der Waals surface area contributed by atoms with Crippen molar-refractivity contribution >= 4 is 17.6 Å². The number of carboxylic acids is 1. The van der Waals surface area contributed by atoms with E-state index >= 15 is 0 Å². The van der Waals surface area contributed by atoms with Gasteiger partial charge in [-0.2, -0.15) is 0 Å². The Bertz CT molecular complexity index is 660. The number of pyridine rings is 1. The van der Waals surface area contributed by atoms with Crippen molar-refractivity contribution in [2.45, 2.75) is 12.0 Å². The van der Waals surface area contributed by atoms with Crippen LogP contribution in [0.3, 0.4) is 0 Å². The molecule has 21 heavy (non-hydrogen) atoms. The summed E-state index contributed by atoms with van der Waals surface area (Å²) in [5.41, 5.74) is -3.49. The number of carboxylic acid groups (broad SMARTS) is 1. The van der Waals surface area contributed by atoms with Crippen molar-refractivity contribution in [3.63, 3.8) is 0 Å². The smallest absolute Gasteiger partial charge is 0.331 e. The summed E-state index contributed by atoms with van der Waals surface area (Å²) in [5, 5.41) is 22.0. The summed E-state index contributed by atoms with van der Waals surface area (Å²) in [6.45, 7) is -0.0845. The van der Waals surface area contributed by atoms with Crippen LogP contribution in [0.15, 0.2) is 17.1 Å². The number of rotatable bonds is 4. The van der Waals surface area contributed by atoms with Crippen LogP contribution in [0.2, 0.25) is 0 Å². The molecule has 1 aromatic rings. The molecule has 3 N–H and O–H groups in total. The topological polar surface area (TPSA) is 152 Å². The summed E-state index contributed by atoms with van der Waals surface area (Å²) in [6.07, 6.45) is 0.895. The van der Waals surface area contributed by atoms with E-state index in [4.69, 9.17) is 4.74 Å². The number of amides is 1. The van der Waals surface area contributed by atoms with Gasteiger partial charge in [-0.3, -0.25) is 19.7 Å². The van der Waals surface area contributed by atoms with E-state index in [1.54, 1.807) is 0 Å². The molecule has 0 bridgehead atoms. The molecule has 10 heteroatoms. The molecular formula is C11H11N3O7. The summed E-state index contributed by atoms with van der Waals surface area (Å²) in [7, 11) is 0. The van der Waals surface area contributed by atoms with Crippen molar-refractivity contribution in [1.29, 1.82) is 0 Å². The van der Waals surface area contributed by atoms with E-state index in [0.29, 0.717) is 0 Å². The van der Waals surface area contributed by atoms with Crippen LogP contribution in [-0.4, -0.2) is 45.6 Å². The Morgan fingerprint density at radius 2 is 2.24 bits per heavy atom. The Labute approximate surface area is 116 Å². The Morgan fingerprint density at radius 3 is 2.76 bits per heavy atom. The molecule has 0 saturated carbocycles. The van der Waals surface area contributed by atoms with Crippen LogP contribution in [-0.2, 0) is 9.53 Å². The third-order valence-electron chi connectivity index (χ3n) is 3.13. The number of hydrogen-bond acceptors (Lipinski definition) is 6. The zero-order valence-corrected chi connectivity index (χ0v) is 10.6. The van der Waals surface area contributed by atoms with Gasteiger partial charge in [0.25, 0.3) is 17.2 Å². The number of hydrogen-bond donors (Lipinski definition) is 3. The maximum Gasteiger partial charge on any atom is 0.331 e. The summed E-state index contributed by atoms with van der Waals surface area (Å²) >= 11 is 0. The Kier molecular flexibility index (Phi) is 3.72. The van der Waals surface area contributed by atoms with Gasteiger partial charge >= 0.3 is 5.97 Å². The lowest BCUT2D eigenvalue weighted by atomic mass is 9.98. The summed E-state index contributed by atoms with van der Waals surface area (Å²) in [4.78, 5) is 46.8. The highest BCUT2D eigenvalue weighted by molar-refractivity contribution is 5.98. The van der Waals surface area contributed by atoms with Gasteiger partial charge in [0.2, 0.25) is 0 Å². The van der Waals surface area contributed by atoms with Crippen LogP contribution in [0.5, 0.6) is 0 Å². The van der Waals surface area contributed by atoms with Crippen LogP contribution in [0, 0.1) is 10.1 Å². The first kappa shape index (κ1) is 14.7. The number of nitrogens with zero attached hydrogens (tertiary/aromatic N) is 1. The largest absolute Gasteiger partial charge is 0.479 e. The molecule has 2 heterocycles. The predicted molar refractivity (Wildman–Crippen MR) is 67.0 cm³/mol. The van der Waals surface area contributed by atoms with Gasteiger partial charge in [0.15, 0.2) is 5.54 Å². The maximum absolute atomic E-state index is 12.0. The predicted octanol–water partition coefficient (Wildman–Crippen LogP) is -0.743. The van der Waals surface area contributed by atoms with Gasteiger partial charge in [-0.25, -0.2) is 4.79 Å². The van der Waals surface area contributed by atoms with Gasteiger partial charge in [-0.1, -0.05) is 0 Å². The first-order chi connectivity index (χ1) is 9.85. The molecule has 1 aliphatic rings. The van der Waals surface area contributed by atoms with E-state index in [1.165, 1.54) is 0 Å². The van der Waals surface area contributed by atoms with Gasteiger partial charge in [0.1, 0.15) is 5.56 Å². The van der Waals surface area contributed by atoms with Crippen molar-refractivity contribution < 1.29 is 24.4 Å². The fraction of sp³-hybridized carbons (Fsp3) is 0.364. The molecule has 1 fully saturated rings. The number of nitro groups is 1. The monoisotopic (exact) mass is 297 g/mol. The quantitative estimate of drug-likeness (QED) is 0.488. The lowest BCUT2D eigenvalue weighted by molar-refractivity contribution is -0.385. The first-order valence-corrected chi connectivity index (χ1v) is 5.86. The Balaban J connectivity index is 2.32. The van der Waals surface area contributed by atoms with Gasteiger partial charge in [-0.15, -0.1) is 0 Å². The maximum atomic E-state index is 12.0. The van der Waals surface area contributed by atoms with E-state index in [2.05, 4.69) is 10.3 Å². The van der Waals surface area contributed by atoms with Gasteiger partial charge in [0, 0.05) is 19.1 Å². The number of aliphatic carboxylic acids is 1. The molecule has 1 aromatic heterocycles. The van der Waals surface area contributed by atoms with Crippen molar-refractivity contribution in [3.8, 4) is 0 Å². The van der Waals surface area contributed by atoms with E-state index in [1.807, 2.05) is 0 Å². The summed E-state index contributed by atoms with van der Waals surface area (Å²) in [5.74, 6) is -2.30. The second kappa shape index (κ2) is 5.32. The van der Waals surface area contributed by atoms with Gasteiger partial charge in [-0.05, 0) is 0 Å². The summed E-state index contributed by atoms with van der Waals surface area (Å²) in [6, 6.07) is 0.791. The molecule has 10 nitrogen and oxygen atoms in total. The molecule has 0 aliphatic carbocycles. The number of ether oxygens (including phenoxy) is 1. The number of aromatic nitrogens is 1. The highest BCUT2D eigenvalue weighted by atomic mass is 16.6. The van der Waals surface area contributed by atoms with E-state index in [-0.39, 0.29) is 19.6 Å². The lowest BCUT2D eigenvalue weighted by Crippen LogP contribution is -2.55. The number of H-pyrrole nitrogens is 1. The highest BCUT2D eigenvalue weighted by Gasteiger charge is 2.44. The SMILES string of the molecule is O=C(NC1(C(=O)O)CCOC1)c1cc([N+](=O)[O-])c[nH]c1=O. The standard InChI is InChI=1S/C11H11N3O7/c15-8-7(3-6(4-12-8)14(19)20)9(16)13-11(10(17)18)1-2-21-5-11/h3-4H,1-2,5H2,(H,12,15)(H,13,16)(H,17,18). The van der Waals surface area contributed by atoms with Crippen molar-refractivity contribution in [2.24, 2.45) is 0 Å². The lowest BCUT2D eigenvalue weighted by Gasteiger charge is -2.23. The minimum atomic E-state index is -1.63. The van der Waals surface area contributed by atoms with E-state index < -0.39 is 39.1 Å². The molecule has 0 aromatic carbocycles. The van der Waals surface area contributed by atoms with Crippen molar-refractivity contribution in [3.05, 3.63) is 38.3 Å². The number of nitrogens with one attached hydrogen (secondary N) is 2. The molecule has 2 rings (SSSR count). The minimum absolute atomic E-state index is 0.0426. The molecule has 1 aliphatic heterocycles. The van der Waals surface area contributed by atoms with E-state index in [0.717, 1.165) is 12.3 Å². The summed E-state index contributed by atoms with van der Waals surface area (Å²) < 4.78 is 4.96. The average Bonchev–Trinajstić information content (AvgIpc) is 2.88.